The molecule has 0 radical (unpaired) electrons. The number of esters is 1. The Morgan fingerprint density at radius 3 is 2.04 bits per heavy atom. The molecule has 0 amide bonds. The van der Waals surface area contributed by atoms with Crippen molar-refractivity contribution in [1.82, 2.24) is 0 Å². The number of methoxy groups -OCH3 is 3. The second-order valence-corrected chi connectivity index (χ2v) is 4.58. The largest absolute Gasteiger partial charge is 0.497 e. The average Bonchev–Trinajstić information content (AvgIpc) is 2.59. The summed E-state index contributed by atoms with van der Waals surface area (Å²) in [5.74, 6) is 1.66. The molecule has 0 unspecified atom stereocenters. The highest BCUT2D eigenvalue weighted by molar-refractivity contribution is 5.88. The molecule has 5 heteroatoms. The van der Waals surface area contributed by atoms with Gasteiger partial charge in [0.05, 0.1) is 21.3 Å². The molecule has 0 aliphatic carbocycles. The Morgan fingerprint density at radius 2 is 1.43 bits per heavy atom. The molecule has 0 bridgehead atoms. The monoisotopic (exact) mass is 314 g/mol. The molecule has 0 aliphatic rings. The first-order chi connectivity index (χ1) is 11.1. The van der Waals surface area contributed by atoms with Crippen LogP contribution in [0.25, 0.3) is 6.08 Å². The van der Waals surface area contributed by atoms with Crippen LogP contribution in [0.3, 0.4) is 0 Å². The minimum absolute atomic E-state index is 0.349. The SMILES string of the molecule is COc1cccc(/C=C/C(=O)Oc2cc(OC)cc(OC)c2)c1. The Labute approximate surface area is 135 Å². The molecule has 0 atom stereocenters. The number of ether oxygens (including phenoxy) is 4. The van der Waals surface area contributed by atoms with E-state index < -0.39 is 5.97 Å². The minimum atomic E-state index is -0.497. The molecule has 2 aromatic carbocycles. The van der Waals surface area contributed by atoms with Gasteiger partial charge in [0.2, 0.25) is 0 Å². The van der Waals surface area contributed by atoms with Crippen LogP contribution in [0.1, 0.15) is 5.56 Å². The van der Waals surface area contributed by atoms with Gasteiger partial charge < -0.3 is 18.9 Å². The second kappa shape index (κ2) is 7.89. The number of carbonyl (C=O) groups excluding carboxylic acids is 1. The van der Waals surface area contributed by atoms with Crippen LogP contribution in [-0.2, 0) is 4.79 Å². The predicted octanol–water partition coefficient (Wildman–Crippen LogP) is 3.33. The Bertz CT molecular complexity index is 684. The summed E-state index contributed by atoms with van der Waals surface area (Å²) in [6, 6.07) is 12.3. The molecule has 0 spiro atoms. The summed E-state index contributed by atoms with van der Waals surface area (Å²) >= 11 is 0. The highest BCUT2D eigenvalue weighted by atomic mass is 16.5. The predicted molar refractivity (Wildman–Crippen MR) is 87.2 cm³/mol. The third kappa shape index (κ3) is 4.78. The molecular formula is C18H18O5. The fraction of sp³-hybridized carbons (Fsp3) is 0.167. The lowest BCUT2D eigenvalue weighted by atomic mass is 10.2. The van der Waals surface area contributed by atoms with Gasteiger partial charge in [-0.05, 0) is 23.8 Å². The van der Waals surface area contributed by atoms with Gasteiger partial charge in [-0.15, -0.1) is 0 Å². The summed E-state index contributed by atoms with van der Waals surface area (Å²) in [6.07, 6.45) is 3.00. The summed E-state index contributed by atoms with van der Waals surface area (Å²) < 4.78 is 20.7. The average molecular weight is 314 g/mol. The summed E-state index contributed by atoms with van der Waals surface area (Å²) in [7, 11) is 4.65. The van der Waals surface area contributed by atoms with Crippen LogP contribution in [0.2, 0.25) is 0 Å². The van der Waals surface area contributed by atoms with Crippen LogP contribution in [0, 0.1) is 0 Å². The van der Waals surface area contributed by atoms with Crippen molar-refractivity contribution >= 4 is 12.0 Å². The maximum atomic E-state index is 11.9. The van der Waals surface area contributed by atoms with E-state index in [9.17, 15) is 4.79 Å². The Kier molecular flexibility index (Phi) is 5.63. The summed E-state index contributed by atoms with van der Waals surface area (Å²) in [4.78, 5) is 11.9. The lowest BCUT2D eigenvalue weighted by Gasteiger charge is -2.07. The first-order valence-corrected chi connectivity index (χ1v) is 6.91. The van der Waals surface area contributed by atoms with Gasteiger partial charge in [-0.25, -0.2) is 4.79 Å². The number of rotatable bonds is 6. The lowest BCUT2D eigenvalue weighted by molar-refractivity contribution is -0.128. The van der Waals surface area contributed by atoms with Crippen molar-refractivity contribution in [2.45, 2.75) is 0 Å². The molecule has 120 valence electrons. The molecule has 2 rings (SSSR count). The van der Waals surface area contributed by atoms with E-state index in [0.717, 1.165) is 11.3 Å². The normalized spacial score (nSPS) is 10.4. The molecule has 5 nitrogen and oxygen atoms in total. The van der Waals surface area contributed by atoms with Crippen molar-refractivity contribution in [2.24, 2.45) is 0 Å². The van der Waals surface area contributed by atoms with E-state index in [1.165, 1.54) is 20.3 Å². The van der Waals surface area contributed by atoms with Gasteiger partial charge in [0, 0.05) is 24.3 Å². The maximum Gasteiger partial charge on any atom is 0.336 e. The molecule has 0 fully saturated rings. The minimum Gasteiger partial charge on any atom is -0.497 e. The summed E-state index contributed by atoms with van der Waals surface area (Å²) in [6.45, 7) is 0. The molecule has 0 aliphatic heterocycles. The standard InChI is InChI=1S/C18H18O5/c1-20-14-6-4-5-13(9-14)7-8-18(19)23-17-11-15(21-2)10-16(12-17)22-3/h4-12H,1-3H3/b8-7+. The number of hydrogen-bond acceptors (Lipinski definition) is 5. The van der Waals surface area contributed by atoms with E-state index in [0.29, 0.717) is 17.2 Å². The van der Waals surface area contributed by atoms with Crippen LogP contribution < -0.4 is 18.9 Å². The van der Waals surface area contributed by atoms with Crippen LogP contribution in [0.4, 0.5) is 0 Å². The first-order valence-electron chi connectivity index (χ1n) is 6.91. The Morgan fingerprint density at radius 1 is 0.826 bits per heavy atom. The van der Waals surface area contributed by atoms with Crippen LogP contribution >= 0.6 is 0 Å². The molecule has 0 heterocycles. The smallest absolute Gasteiger partial charge is 0.336 e. The van der Waals surface area contributed by atoms with E-state index in [-0.39, 0.29) is 0 Å². The van der Waals surface area contributed by atoms with Crippen molar-refractivity contribution in [3.63, 3.8) is 0 Å². The third-order valence-electron chi connectivity index (χ3n) is 3.05. The van der Waals surface area contributed by atoms with Gasteiger partial charge in [0.15, 0.2) is 0 Å². The van der Waals surface area contributed by atoms with Crippen molar-refractivity contribution in [1.29, 1.82) is 0 Å². The van der Waals surface area contributed by atoms with Gasteiger partial charge in [-0.1, -0.05) is 12.1 Å². The molecule has 2 aromatic rings. The fourth-order valence-corrected chi connectivity index (χ4v) is 1.90. The second-order valence-electron chi connectivity index (χ2n) is 4.58. The van der Waals surface area contributed by atoms with Gasteiger partial charge in [-0.2, -0.15) is 0 Å². The molecule has 23 heavy (non-hydrogen) atoms. The van der Waals surface area contributed by atoms with Crippen molar-refractivity contribution in [3.05, 3.63) is 54.1 Å². The number of hydrogen-bond donors (Lipinski definition) is 0. The third-order valence-corrected chi connectivity index (χ3v) is 3.05. The van der Waals surface area contributed by atoms with Gasteiger partial charge in [0.25, 0.3) is 0 Å². The van der Waals surface area contributed by atoms with Crippen LogP contribution in [0.5, 0.6) is 23.0 Å². The zero-order valence-electron chi connectivity index (χ0n) is 13.2. The quantitative estimate of drug-likeness (QED) is 0.465. The van der Waals surface area contributed by atoms with Crippen LogP contribution in [0.15, 0.2) is 48.5 Å². The van der Waals surface area contributed by atoms with E-state index in [2.05, 4.69) is 0 Å². The van der Waals surface area contributed by atoms with Gasteiger partial charge >= 0.3 is 5.97 Å². The van der Waals surface area contributed by atoms with Gasteiger partial charge in [0.1, 0.15) is 23.0 Å². The van der Waals surface area contributed by atoms with E-state index in [1.54, 1.807) is 31.4 Å². The lowest BCUT2D eigenvalue weighted by Crippen LogP contribution is -2.04. The van der Waals surface area contributed by atoms with Gasteiger partial charge in [-0.3, -0.25) is 0 Å². The van der Waals surface area contributed by atoms with Crippen LogP contribution in [-0.4, -0.2) is 27.3 Å². The summed E-state index contributed by atoms with van der Waals surface area (Å²) in [5.41, 5.74) is 0.838. The fourth-order valence-electron chi connectivity index (χ4n) is 1.90. The topological polar surface area (TPSA) is 54.0 Å². The van der Waals surface area contributed by atoms with E-state index in [1.807, 2.05) is 24.3 Å². The molecule has 0 aromatic heterocycles. The van der Waals surface area contributed by atoms with Crippen molar-refractivity contribution in [2.75, 3.05) is 21.3 Å². The van der Waals surface area contributed by atoms with Crippen molar-refractivity contribution < 1.29 is 23.7 Å². The molecule has 0 N–H and O–H groups in total. The summed E-state index contributed by atoms with van der Waals surface area (Å²) in [5, 5.41) is 0. The van der Waals surface area contributed by atoms with Crippen molar-refractivity contribution in [3.8, 4) is 23.0 Å². The van der Waals surface area contributed by atoms with E-state index >= 15 is 0 Å². The number of carbonyl (C=O) groups is 1. The first kappa shape index (κ1) is 16.4. The number of benzene rings is 2. The highest BCUT2D eigenvalue weighted by Crippen LogP contribution is 2.27. The zero-order valence-corrected chi connectivity index (χ0v) is 13.2. The highest BCUT2D eigenvalue weighted by Gasteiger charge is 2.06. The van der Waals surface area contributed by atoms with E-state index in [4.69, 9.17) is 18.9 Å². The molecule has 0 saturated heterocycles. The molecular weight excluding hydrogens is 296 g/mol. The zero-order chi connectivity index (χ0) is 16.7. The Balaban J connectivity index is 2.08. The molecule has 0 saturated carbocycles. The maximum absolute atomic E-state index is 11.9. The Hall–Kier alpha value is -2.95.